The van der Waals surface area contributed by atoms with Gasteiger partial charge in [-0.3, -0.25) is 9.09 Å². The van der Waals surface area contributed by atoms with Crippen LogP contribution < -0.4 is 16.4 Å². The molecule has 0 saturated heterocycles. The van der Waals surface area contributed by atoms with E-state index < -0.39 is 60.7 Å². The Kier molecular flexibility index (Phi) is 11.0. The maximum Gasteiger partial charge on any atom is 0.437 e. The van der Waals surface area contributed by atoms with E-state index >= 15 is 0 Å². The van der Waals surface area contributed by atoms with Gasteiger partial charge in [-0.25, -0.2) is 19.3 Å². The van der Waals surface area contributed by atoms with Crippen molar-refractivity contribution in [1.29, 1.82) is 0 Å². The normalized spacial score (nSPS) is 15.7. The van der Waals surface area contributed by atoms with Crippen LogP contribution in [0.3, 0.4) is 0 Å². The van der Waals surface area contributed by atoms with Crippen LogP contribution in [0, 0.1) is 5.92 Å². The number of esters is 1. The van der Waals surface area contributed by atoms with Crippen molar-refractivity contribution in [3.8, 4) is 0 Å². The van der Waals surface area contributed by atoms with Gasteiger partial charge in [-0.05, 0) is 65.2 Å². The number of ether oxygens (including phenoxy) is 3. The van der Waals surface area contributed by atoms with Crippen LogP contribution in [0.5, 0.6) is 0 Å². The second kappa shape index (κ2) is 12.7. The third kappa shape index (κ3) is 10.1. The van der Waals surface area contributed by atoms with Gasteiger partial charge >= 0.3 is 25.8 Å². The van der Waals surface area contributed by atoms with E-state index in [1.807, 2.05) is 0 Å². The first-order valence-electron chi connectivity index (χ1n) is 11.7. The number of aliphatic imine (C=N–C) groups is 1. The van der Waals surface area contributed by atoms with Crippen LogP contribution >= 0.6 is 7.60 Å². The summed E-state index contributed by atoms with van der Waals surface area (Å²) in [6.45, 7) is 13.0. The van der Waals surface area contributed by atoms with Crippen molar-refractivity contribution in [3.63, 3.8) is 0 Å². The van der Waals surface area contributed by atoms with Gasteiger partial charge in [0.25, 0.3) is 0 Å². The van der Waals surface area contributed by atoms with Crippen molar-refractivity contribution < 1.29 is 42.6 Å². The number of amides is 2. The molecule has 0 aliphatic rings. The van der Waals surface area contributed by atoms with Gasteiger partial charge in [0.05, 0.1) is 12.8 Å². The SMILES string of the molecule is COC(=O)C(OP(=O)(O)C(N)C(C)C)c1cccc(N(C(=O)OC(C)(C)C)C(N)=NC(=O)OC(C)(C)C)c1. The smallest absolute Gasteiger partial charge is 0.437 e. The number of rotatable bonds is 7. The first kappa shape index (κ1) is 33.0. The van der Waals surface area contributed by atoms with Gasteiger partial charge in [0.15, 0.2) is 6.10 Å². The van der Waals surface area contributed by atoms with E-state index in [1.54, 1.807) is 55.4 Å². The first-order valence-corrected chi connectivity index (χ1v) is 13.4. The Morgan fingerprint density at radius 1 is 1.05 bits per heavy atom. The highest BCUT2D eigenvalue weighted by Gasteiger charge is 2.38. The lowest BCUT2D eigenvalue weighted by molar-refractivity contribution is -0.149. The molecule has 0 fully saturated rings. The third-order valence-corrected chi connectivity index (χ3v) is 6.43. The lowest BCUT2D eigenvalue weighted by Gasteiger charge is -2.28. The summed E-state index contributed by atoms with van der Waals surface area (Å²) < 4.78 is 33.4. The quantitative estimate of drug-likeness (QED) is 0.144. The van der Waals surface area contributed by atoms with Crippen LogP contribution in [-0.2, 0) is 28.1 Å². The molecule has 0 aliphatic heterocycles. The number of nitrogens with zero attached hydrogens (tertiary/aromatic N) is 2. The second-order valence-corrected chi connectivity index (χ2v) is 12.6. The summed E-state index contributed by atoms with van der Waals surface area (Å²) >= 11 is 0. The fraction of sp³-hybridized carbons (Fsp3) is 0.583. The first-order chi connectivity index (χ1) is 17.2. The summed E-state index contributed by atoms with van der Waals surface area (Å²) in [4.78, 5) is 52.8. The maximum absolute atomic E-state index is 13.1. The van der Waals surface area contributed by atoms with E-state index in [9.17, 15) is 23.8 Å². The number of carbonyl (C=O) groups excluding carboxylic acids is 3. The van der Waals surface area contributed by atoms with Gasteiger partial charge in [-0.15, -0.1) is 4.99 Å². The van der Waals surface area contributed by atoms with E-state index in [2.05, 4.69) is 4.99 Å². The fourth-order valence-electron chi connectivity index (χ4n) is 2.84. The third-order valence-electron chi connectivity index (χ3n) is 4.57. The summed E-state index contributed by atoms with van der Waals surface area (Å²) in [5.41, 5.74) is 10.1. The average molecular weight is 559 g/mol. The molecule has 2 amide bonds. The number of guanidine groups is 1. The van der Waals surface area contributed by atoms with E-state index in [0.29, 0.717) is 0 Å². The molecule has 38 heavy (non-hydrogen) atoms. The molecule has 3 atom stereocenters. The Labute approximate surface area is 223 Å². The minimum absolute atomic E-state index is 0.00000751. The molecule has 0 bridgehead atoms. The summed E-state index contributed by atoms with van der Waals surface area (Å²) in [7, 11) is -3.44. The highest BCUT2D eigenvalue weighted by atomic mass is 31.2. The van der Waals surface area contributed by atoms with Crippen molar-refractivity contribution in [3.05, 3.63) is 29.8 Å². The van der Waals surface area contributed by atoms with Gasteiger partial charge in [0.1, 0.15) is 17.0 Å². The van der Waals surface area contributed by atoms with Crippen LogP contribution in [0.25, 0.3) is 0 Å². The molecule has 1 rings (SSSR count). The van der Waals surface area contributed by atoms with Gasteiger partial charge in [0, 0.05) is 0 Å². The van der Waals surface area contributed by atoms with Crippen LogP contribution in [0.2, 0.25) is 0 Å². The number of carbonyl (C=O) groups is 3. The molecule has 13 nitrogen and oxygen atoms in total. The molecular formula is C24H39N4O9P. The lowest BCUT2D eigenvalue weighted by Crippen LogP contribution is -2.45. The molecule has 0 radical (unpaired) electrons. The molecule has 0 heterocycles. The number of nitrogens with two attached hydrogens (primary N) is 2. The largest absolute Gasteiger partial charge is 0.467 e. The number of benzene rings is 1. The van der Waals surface area contributed by atoms with Crippen LogP contribution in [-0.4, -0.2) is 53.1 Å². The second-order valence-electron chi connectivity index (χ2n) is 10.7. The molecule has 0 spiro atoms. The molecule has 5 N–H and O–H groups in total. The predicted octanol–water partition coefficient (Wildman–Crippen LogP) is 4.03. The lowest BCUT2D eigenvalue weighted by atomic mass is 10.1. The number of anilines is 1. The van der Waals surface area contributed by atoms with Crippen molar-refractivity contribution in [2.45, 2.75) is 78.5 Å². The Morgan fingerprint density at radius 3 is 2.08 bits per heavy atom. The van der Waals surface area contributed by atoms with Crippen molar-refractivity contribution in [2.24, 2.45) is 22.4 Å². The molecule has 14 heteroatoms. The maximum atomic E-state index is 13.1. The fourth-order valence-corrected chi connectivity index (χ4v) is 4.24. The molecule has 0 aromatic heterocycles. The Balaban J connectivity index is 3.62. The van der Waals surface area contributed by atoms with E-state index in [4.69, 9.17) is 30.2 Å². The molecule has 1 aromatic rings. The topological polar surface area (TPSA) is 193 Å². The molecule has 0 saturated carbocycles. The number of hydrogen-bond acceptors (Lipinski definition) is 9. The zero-order chi connectivity index (χ0) is 29.6. The summed E-state index contributed by atoms with van der Waals surface area (Å²) in [5, 5.41) is 0. The number of hydrogen-bond donors (Lipinski definition) is 3. The van der Waals surface area contributed by atoms with E-state index in [1.165, 1.54) is 24.3 Å². The van der Waals surface area contributed by atoms with Gasteiger partial charge < -0.3 is 30.6 Å². The van der Waals surface area contributed by atoms with Crippen molar-refractivity contribution >= 4 is 37.4 Å². The molecule has 1 aromatic carbocycles. The van der Waals surface area contributed by atoms with Gasteiger partial charge in [-0.2, -0.15) is 0 Å². The van der Waals surface area contributed by atoms with E-state index in [0.717, 1.165) is 12.0 Å². The van der Waals surface area contributed by atoms with Crippen LogP contribution in [0.1, 0.15) is 67.1 Å². The molecule has 3 unspecified atom stereocenters. The minimum atomic E-state index is -4.51. The predicted molar refractivity (Wildman–Crippen MR) is 141 cm³/mol. The highest BCUT2D eigenvalue weighted by Crippen LogP contribution is 2.52. The Bertz CT molecular complexity index is 1090. The standard InChI is InChI=1S/C24H39N4O9P/c1-14(2)18(25)38(32,33)37-17(19(29)34-9)15-11-10-12-16(13-15)28(22(31)36-24(6,7)8)20(26)27-21(30)35-23(3,4)5/h10-14,17-18H,25H2,1-9H3,(H,32,33)(H2,26,27,30). The average Bonchev–Trinajstić information content (AvgIpc) is 2.73. The van der Waals surface area contributed by atoms with E-state index in [-0.39, 0.29) is 11.3 Å². The zero-order valence-electron chi connectivity index (χ0n) is 23.3. The monoisotopic (exact) mass is 558 g/mol. The molecule has 0 aliphatic carbocycles. The van der Waals surface area contributed by atoms with Crippen molar-refractivity contribution in [1.82, 2.24) is 0 Å². The molecule has 214 valence electrons. The van der Waals surface area contributed by atoms with Crippen LogP contribution in [0.4, 0.5) is 15.3 Å². The summed E-state index contributed by atoms with van der Waals surface area (Å²) in [6, 6.07) is 5.51. The molecular weight excluding hydrogens is 519 g/mol. The zero-order valence-corrected chi connectivity index (χ0v) is 24.1. The summed E-state index contributed by atoms with van der Waals surface area (Å²) in [6.07, 6.45) is -3.74. The van der Waals surface area contributed by atoms with Gasteiger partial charge in [0.2, 0.25) is 5.96 Å². The van der Waals surface area contributed by atoms with Crippen molar-refractivity contribution in [2.75, 3.05) is 12.0 Å². The van der Waals surface area contributed by atoms with Gasteiger partial charge in [-0.1, -0.05) is 26.0 Å². The number of methoxy groups -OCH3 is 1. The summed E-state index contributed by atoms with van der Waals surface area (Å²) in [5.74, 6) is -3.31. The Morgan fingerprint density at radius 2 is 1.61 bits per heavy atom. The minimum Gasteiger partial charge on any atom is -0.467 e. The highest BCUT2D eigenvalue weighted by molar-refractivity contribution is 7.53. The van der Waals surface area contributed by atoms with Crippen LogP contribution in [0.15, 0.2) is 29.3 Å². The Hall–Kier alpha value is -2.99.